The van der Waals surface area contributed by atoms with Crippen molar-refractivity contribution in [3.05, 3.63) is 59.7 Å². The molecule has 0 bridgehead atoms. The molecule has 5 nitrogen and oxygen atoms in total. The maximum Gasteiger partial charge on any atom is 0.407 e. The van der Waals surface area contributed by atoms with Gasteiger partial charge in [0.25, 0.3) is 0 Å². The minimum atomic E-state index is -2.12. The van der Waals surface area contributed by atoms with Crippen LogP contribution in [0.25, 0.3) is 11.1 Å². The number of carbonyl (C=O) groups excluding carboxylic acids is 1. The summed E-state index contributed by atoms with van der Waals surface area (Å²) in [6.45, 7) is 1.16. The number of rotatable bonds is 4. The summed E-state index contributed by atoms with van der Waals surface area (Å²) in [5.74, 6) is -1.55. The maximum absolute atomic E-state index is 11.8. The largest absolute Gasteiger partial charge is 0.480 e. The normalized spacial score (nSPS) is 15.8. The molecule has 0 saturated carbocycles. The summed E-state index contributed by atoms with van der Waals surface area (Å²) in [6, 6.07) is 13.7. The molecule has 2 aromatic carbocycles. The van der Waals surface area contributed by atoms with Crippen LogP contribution in [0, 0.1) is 0 Å². The average molecular weight is 312 g/mol. The van der Waals surface area contributed by atoms with Gasteiger partial charge in [-0.1, -0.05) is 48.5 Å². The summed E-state index contributed by atoms with van der Waals surface area (Å²) in [5.41, 5.74) is 4.35. The molecule has 1 atom stereocenters. The molecule has 0 unspecified atom stereocenters. The Morgan fingerprint density at radius 3 is 2.22 bits per heavy atom. The van der Waals surface area contributed by atoms with E-state index in [1.807, 2.05) is 53.8 Å². The first kappa shape index (κ1) is 13.8. The van der Waals surface area contributed by atoms with Crippen molar-refractivity contribution in [2.75, 3.05) is 6.61 Å². The molecule has 2 aromatic rings. The number of alkyl carbamates (subject to hydrolysis) is 1. The molecule has 0 radical (unpaired) electrons. The SMILES string of the molecule is [2H][C@@](C)(NC(=O)OCC1c2ccccc2-c2ccccc21)C(=O)O. The number of carboxylic acids is 1. The number of hydrogen-bond acceptors (Lipinski definition) is 3. The number of ether oxygens (including phenoxy) is 1. The first-order chi connectivity index (χ1) is 11.4. The van der Waals surface area contributed by atoms with E-state index in [9.17, 15) is 9.59 Å². The lowest BCUT2D eigenvalue weighted by Gasteiger charge is -2.15. The van der Waals surface area contributed by atoms with Crippen LogP contribution < -0.4 is 5.32 Å². The average Bonchev–Trinajstić information content (AvgIpc) is 2.86. The van der Waals surface area contributed by atoms with Crippen molar-refractivity contribution in [3.8, 4) is 11.1 Å². The summed E-state index contributed by atoms with van der Waals surface area (Å²) in [7, 11) is 0. The fourth-order valence-corrected chi connectivity index (χ4v) is 2.84. The third-order valence-corrected chi connectivity index (χ3v) is 3.95. The highest BCUT2D eigenvalue weighted by Crippen LogP contribution is 2.44. The van der Waals surface area contributed by atoms with E-state index in [1.165, 1.54) is 0 Å². The van der Waals surface area contributed by atoms with Crippen molar-refractivity contribution >= 4 is 12.1 Å². The number of fused-ring (bicyclic) bond motifs is 3. The third-order valence-electron chi connectivity index (χ3n) is 3.95. The van der Waals surface area contributed by atoms with Crippen LogP contribution in [-0.2, 0) is 9.53 Å². The van der Waals surface area contributed by atoms with Crippen molar-refractivity contribution in [3.63, 3.8) is 0 Å². The first-order valence-electron chi connectivity index (χ1n) is 7.76. The summed E-state index contributed by atoms with van der Waals surface area (Å²) >= 11 is 0. The minimum Gasteiger partial charge on any atom is -0.480 e. The second-order valence-electron chi connectivity index (χ2n) is 5.38. The third kappa shape index (κ3) is 2.90. The molecular weight excluding hydrogens is 294 g/mol. The number of benzene rings is 2. The van der Waals surface area contributed by atoms with E-state index in [-0.39, 0.29) is 12.5 Å². The van der Waals surface area contributed by atoms with Crippen LogP contribution in [0.3, 0.4) is 0 Å². The number of aliphatic carboxylic acids is 1. The van der Waals surface area contributed by atoms with Gasteiger partial charge in [-0.25, -0.2) is 4.79 Å². The summed E-state index contributed by atoms with van der Waals surface area (Å²) in [4.78, 5) is 22.7. The van der Waals surface area contributed by atoms with Gasteiger partial charge in [0.1, 0.15) is 12.6 Å². The molecule has 3 rings (SSSR count). The zero-order valence-corrected chi connectivity index (χ0v) is 12.6. The molecule has 118 valence electrons. The van der Waals surface area contributed by atoms with Crippen molar-refractivity contribution in [2.24, 2.45) is 0 Å². The topological polar surface area (TPSA) is 75.6 Å². The van der Waals surface area contributed by atoms with Gasteiger partial charge in [-0.05, 0) is 29.2 Å². The van der Waals surface area contributed by atoms with Crippen molar-refractivity contribution in [1.29, 1.82) is 0 Å². The number of nitrogens with one attached hydrogen (secondary N) is 1. The van der Waals surface area contributed by atoms with Gasteiger partial charge < -0.3 is 15.2 Å². The molecule has 0 saturated heterocycles. The van der Waals surface area contributed by atoms with Crippen molar-refractivity contribution < 1.29 is 20.8 Å². The molecule has 0 spiro atoms. The molecule has 5 heteroatoms. The van der Waals surface area contributed by atoms with Crippen LogP contribution >= 0.6 is 0 Å². The van der Waals surface area contributed by atoms with Gasteiger partial charge in [-0.15, -0.1) is 0 Å². The molecule has 0 aromatic heterocycles. The van der Waals surface area contributed by atoms with E-state index in [1.54, 1.807) is 0 Å². The van der Waals surface area contributed by atoms with Crippen LogP contribution in [-0.4, -0.2) is 29.8 Å². The smallest absolute Gasteiger partial charge is 0.407 e. The Bertz CT molecular complexity index is 758. The van der Waals surface area contributed by atoms with Gasteiger partial charge in [0.05, 0.1) is 1.37 Å². The number of carboxylic acid groups (broad SMARTS) is 1. The lowest BCUT2D eigenvalue weighted by atomic mass is 9.98. The van der Waals surface area contributed by atoms with Gasteiger partial charge in [-0.2, -0.15) is 0 Å². The zero-order chi connectivity index (χ0) is 17.3. The monoisotopic (exact) mass is 312 g/mol. The molecule has 1 amide bonds. The van der Waals surface area contributed by atoms with Crippen LogP contribution in [0.4, 0.5) is 4.79 Å². The minimum absolute atomic E-state index is 0.0789. The summed E-state index contributed by atoms with van der Waals surface area (Å²) in [6.07, 6.45) is -0.920. The van der Waals surface area contributed by atoms with Gasteiger partial charge in [0.15, 0.2) is 0 Å². The summed E-state index contributed by atoms with van der Waals surface area (Å²) < 4.78 is 12.7. The Hall–Kier alpha value is -2.82. The van der Waals surface area contributed by atoms with Crippen LogP contribution in [0.5, 0.6) is 0 Å². The number of carbonyl (C=O) groups is 2. The molecule has 0 aliphatic heterocycles. The van der Waals surface area contributed by atoms with Crippen LogP contribution in [0.1, 0.15) is 25.3 Å². The quantitative estimate of drug-likeness (QED) is 0.910. The highest BCUT2D eigenvalue weighted by molar-refractivity contribution is 5.80. The van der Waals surface area contributed by atoms with Gasteiger partial charge in [0, 0.05) is 5.92 Å². The Morgan fingerprint density at radius 2 is 1.70 bits per heavy atom. The van der Waals surface area contributed by atoms with E-state index in [0.717, 1.165) is 29.2 Å². The Balaban J connectivity index is 1.76. The van der Waals surface area contributed by atoms with Gasteiger partial charge >= 0.3 is 12.1 Å². The highest BCUT2D eigenvalue weighted by Gasteiger charge is 2.29. The molecule has 23 heavy (non-hydrogen) atoms. The molecule has 1 aliphatic rings. The first-order valence-corrected chi connectivity index (χ1v) is 7.26. The highest BCUT2D eigenvalue weighted by atomic mass is 16.5. The standard InChI is InChI=1S/C18H17NO4/c1-11(17(20)21)19-18(22)23-10-16-14-8-4-2-6-12(14)13-7-3-5-9-15(13)16/h2-9,11,16H,10H2,1H3,(H,19,22)(H,20,21)/t11-/m0/s1/i11D. The van der Waals surface area contributed by atoms with Crippen molar-refractivity contribution in [2.45, 2.75) is 18.9 Å². The fourth-order valence-electron chi connectivity index (χ4n) is 2.84. The Labute approximate surface area is 135 Å². The van der Waals surface area contributed by atoms with E-state index in [2.05, 4.69) is 0 Å². The van der Waals surface area contributed by atoms with Crippen LogP contribution in [0.15, 0.2) is 48.5 Å². The maximum atomic E-state index is 11.8. The predicted molar refractivity (Wildman–Crippen MR) is 85.3 cm³/mol. The van der Waals surface area contributed by atoms with E-state index in [4.69, 9.17) is 11.2 Å². The van der Waals surface area contributed by atoms with E-state index in [0.29, 0.717) is 0 Å². The predicted octanol–water partition coefficient (Wildman–Crippen LogP) is 3.00. The van der Waals surface area contributed by atoms with Gasteiger partial charge in [0.2, 0.25) is 0 Å². The summed E-state index contributed by atoms with van der Waals surface area (Å²) in [5, 5.41) is 10.9. The lowest BCUT2D eigenvalue weighted by molar-refractivity contribution is -0.138. The second-order valence-corrected chi connectivity index (χ2v) is 5.38. The number of hydrogen-bond donors (Lipinski definition) is 2. The van der Waals surface area contributed by atoms with Crippen LogP contribution in [0.2, 0.25) is 0 Å². The van der Waals surface area contributed by atoms with Crippen molar-refractivity contribution in [1.82, 2.24) is 5.32 Å². The zero-order valence-electron chi connectivity index (χ0n) is 13.6. The molecular formula is C18H17NO4. The Morgan fingerprint density at radius 1 is 1.17 bits per heavy atom. The lowest BCUT2D eigenvalue weighted by Crippen LogP contribution is -2.39. The second kappa shape index (κ2) is 6.12. The molecule has 2 N–H and O–H groups in total. The molecule has 0 heterocycles. The number of amides is 1. The van der Waals surface area contributed by atoms with E-state index < -0.39 is 18.1 Å². The fraction of sp³-hybridized carbons (Fsp3) is 0.222. The molecule has 0 fully saturated rings. The molecule has 1 aliphatic carbocycles. The van der Waals surface area contributed by atoms with E-state index >= 15 is 0 Å². The van der Waals surface area contributed by atoms with Gasteiger partial charge in [-0.3, -0.25) is 4.79 Å². The Kier molecular flexibility index (Phi) is 3.68.